The van der Waals surface area contributed by atoms with Gasteiger partial charge in [0.1, 0.15) is 0 Å². The van der Waals surface area contributed by atoms with E-state index in [0.717, 1.165) is 5.69 Å². The van der Waals surface area contributed by atoms with Gasteiger partial charge < -0.3 is 4.57 Å². The Bertz CT molecular complexity index is 4240. The summed E-state index contributed by atoms with van der Waals surface area (Å²) in [4.78, 5) is 0. The highest BCUT2D eigenvalue weighted by molar-refractivity contribution is 7.27. The lowest BCUT2D eigenvalue weighted by Crippen LogP contribution is -1.95. The van der Waals surface area contributed by atoms with Gasteiger partial charge in [-0.15, -0.1) is 11.3 Å². The minimum Gasteiger partial charge on any atom is -0.309 e. The van der Waals surface area contributed by atoms with Crippen molar-refractivity contribution in [3.8, 4) is 72.4 Å². The van der Waals surface area contributed by atoms with Gasteiger partial charge in [0.25, 0.3) is 0 Å². The van der Waals surface area contributed by atoms with E-state index in [9.17, 15) is 0 Å². The zero-order valence-electron chi connectivity index (χ0n) is 38.2. The molecule has 12 aromatic carbocycles. The largest absolute Gasteiger partial charge is 0.309 e. The molecule has 326 valence electrons. The lowest BCUT2D eigenvalue weighted by molar-refractivity contribution is 1.18. The molecule has 0 amide bonds. The van der Waals surface area contributed by atoms with Crippen molar-refractivity contribution in [3.05, 3.63) is 261 Å². The fraction of sp³-hybridized carbons (Fsp3) is 0. The SMILES string of the molecule is c1ccc(-c2cc(-c3ccccc3)c3sc4c(-c5ccc6c7ccccc7n(-c7ccc(-c8c9ccccc9c(-c9ccccc9)c9ccccc89)cc7)c6c5)cc(-c5ccccc5)cc4c3c2)cc1. The van der Waals surface area contributed by atoms with Crippen molar-refractivity contribution < 1.29 is 0 Å². The minimum atomic E-state index is 1.13. The maximum absolute atomic E-state index is 2.47. The molecular formula is C68H43NS. The summed E-state index contributed by atoms with van der Waals surface area (Å²) in [5, 5.41) is 10.1. The smallest absolute Gasteiger partial charge is 0.0547 e. The molecule has 2 heteroatoms. The Morgan fingerprint density at radius 3 is 1.13 bits per heavy atom. The Morgan fingerprint density at radius 1 is 0.229 bits per heavy atom. The van der Waals surface area contributed by atoms with Crippen molar-refractivity contribution in [2.24, 2.45) is 0 Å². The molecule has 0 bridgehead atoms. The molecule has 2 aromatic heterocycles. The third kappa shape index (κ3) is 6.53. The van der Waals surface area contributed by atoms with Crippen LogP contribution in [-0.2, 0) is 0 Å². The first-order valence-electron chi connectivity index (χ1n) is 24.1. The Kier molecular flexibility index (Phi) is 9.46. The van der Waals surface area contributed by atoms with Crippen LogP contribution in [0.5, 0.6) is 0 Å². The van der Waals surface area contributed by atoms with Crippen LogP contribution in [0.25, 0.3) is 136 Å². The first-order chi connectivity index (χ1) is 34.7. The zero-order valence-corrected chi connectivity index (χ0v) is 39.0. The molecule has 0 saturated heterocycles. The zero-order chi connectivity index (χ0) is 46.1. The second-order valence-corrected chi connectivity index (χ2v) is 19.4. The van der Waals surface area contributed by atoms with Crippen molar-refractivity contribution in [1.29, 1.82) is 0 Å². The van der Waals surface area contributed by atoms with Crippen molar-refractivity contribution >= 4 is 74.9 Å². The average Bonchev–Trinajstić information content (AvgIpc) is 3.98. The highest BCUT2D eigenvalue weighted by atomic mass is 32.1. The molecule has 1 nitrogen and oxygen atoms in total. The van der Waals surface area contributed by atoms with E-state index in [0.29, 0.717) is 0 Å². The van der Waals surface area contributed by atoms with Gasteiger partial charge in [-0.2, -0.15) is 0 Å². The summed E-state index contributed by atoms with van der Waals surface area (Å²) in [5.74, 6) is 0. The van der Waals surface area contributed by atoms with Gasteiger partial charge >= 0.3 is 0 Å². The van der Waals surface area contributed by atoms with Crippen molar-refractivity contribution in [3.63, 3.8) is 0 Å². The van der Waals surface area contributed by atoms with Gasteiger partial charge in [0, 0.05) is 47.8 Å². The number of para-hydroxylation sites is 1. The molecule has 0 radical (unpaired) electrons. The van der Waals surface area contributed by atoms with E-state index in [1.165, 1.54) is 130 Å². The number of benzene rings is 12. The van der Waals surface area contributed by atoms with E-state index in [-0.39, 0.29) is 0 Å². The number of hydrogen-bond acceptors (Lipinski definition) is 1. The summed E-state index contributed by atoms with van der Waals surface area (Å²) >= 11 is 1.92. The summed E-state index contributed by atoms with van der Waals surface area (Å²) < 4.78 is 5.06. The first-order valence-corrected chi connectivity index (χ1v) is 24.9. The van der Waals surface area contributed by atoms with Crippen LogP contribution >= 0.6 is 11.3 Å². The molecule has 0 aliphatic heterocycles. The topological polar surface area (TPSA) is 4.93 Å². The third-order valence-electron chi connectivity index (χ3n) is 14.4. The van der Waals surface area contributed by atoms with Crippen molar-refractivity contribution in [2.45, 2.75) is 0 Å². The molecule has 0 spiro atoms. The molecule has 0 N–H and O–H groups in total. The van der Waals surface area contributed by atoms with Crippen molar-refractivity contribution in [2.75, 3.05) is 0 Å². The summed E-state index contributed by atoms with van der Waals surface area (Å²) in [7, 11) is 0. The monoisotopic (exact) mass is 905 g/mol. The van der Waals surface area contributed by atoms with Crippen molar-refractivity contribution in [1.82, 2.24) is 4.57 Å². The Hall–Kier alpha value is -8.82. The van der Waals surface area contributed by atoms with E-state index in [1.54, 1.807) is 0 Å². The van der Waals surface area contributed by atoms with Gasteiger partial charge in [0.2, 0.25) is 0 Å². The first kappa shape index (κ1) is 40.3. The summed E-state index contributed by atoms with van der Waals surface area (Å²) in [6, 6.07) is 96.2. The molecule has 0 saturated carbocycles. The maximum Gasteiger partial charge on any atom is 0.0547 e. The van der Waals surface area contributed by atoms with Crippen LogP contribution in [0.4, 0.5) is 0 Å². The Morgan fingerprint density at radius 2 is 0.614 bits per heavy atom. The molecule has 14 aromatic rings. The molecule has 70 heavy (non-hydrogen) atoms. The second-order valence-electron chi connectivity index (χ2n) is 18.3. The van der Waals surface area contributed by atoms with Gasteiger partial charge in [0.15, 0.2) is 0 Å². The highest BCUT2D eigenvalue weighted by Gasteiger charge is 2.21. The molecule has 0 fully saturated rings. The molecule has 0 unspecified atom stereocenters. The van der Waals surface area contributed by atoms with Gasteiger partial charge in [-0.3, -0.25) is 0 Å². The van der Waals surface area contributed by atoms with Crippen LogP contribution in [0.2, 0.25) is 0 Å². The fourth-order valence-corrected chi connectivity index (χ4v) is 12.5. The predicted octanol–water partition coefficient (Wildman–Crippen LogP) is 19.5. The highest BCUT2D eigenvalue weighted by Crippen LogP contribution is 2.49. The molecule has 0 aliphatic carbocycles. The normalized spacial score (nSPS) is 11.7. The van der Waals surface area contributed by atoms with Gasteiger partial charge in [-0.05, 0) is 126 Å². The molecule has 2 heterocycles. The number of aromatic nitrogens is 1. The van der Waals surface area contributed by atoms with E-state index in [4.69, 9.17) is 0 Å². The lowest BCUT2D eigenvalue weighted by Gasteiger charge is -2.18. The third-order valence-corrected chi connectivity index (χ3v) is 15.7. The van der Waals surface area contributed by atoms with Gasteiger partial charge in [0.05, 0.1) is 11.0 Å². The summed E-state index contributed by atoms with van der Waals surface area (Å²) in [6.45, 7) is 0. The maximum atomic E-state index is 2.47. The van der Waals surface area contributed by atoms with Gasteiger partial charge in [-0.25, -0.2) is 0 Å². The number of thiophene rings is 1. The predicted molar refractivity (Wildman–Crippen MR) is 301 cm³/mol. The van der Waals surface area contributed by atoms with E-state index < -0.39 is 0 Å². The lowest BCUT2D eigenvalue weighted by atomic mass is 9.86. The molecular weight excluding hydrogens is 863 g/mol. The fourth-order valence-electron chi connectivity index (χ4n) is 11.2. The van der Waals surface area contributed by atoms with Crippen LogP contribution in [-0.4, -0.2) is 4.57 Å². The second kappa shape index (κ2) is 16.5. The minimum absolute atomic E-state index is 1.13. The Labute approximate surface area is 410 Å². The van der Waals surface area contributed by atoms with Crippen LogP contribution in [0, 0.1) is 0 Å². The van der Waals surface area contributed by atoms with Crippen LogP contribution in [0.3, 0.4) is 0 Å². The average molecular weight is 906 g/mol. The number of nitrogens with zero attached hydrogens (tertiary/aromatic N) is 1. The Balaban J connectivity index is 0.978. The van der Waals surface area contributed by atoms with Crippen LogP contribution in [0.1, 0.15) is 0 Å². The quantitative estimate of drug-likeness (QED) is 0.140. The summed E-state index contributed by atoms with van der Waals surface area (Å²) in [5.41, 5.74) is 18.3. The number of rotatable bonds is 7. The molecule has 0 atom stereocenters. The van der Waals surface area contributed by atoms with Crippen LogP contribution in [0.15, 0.2) is 261 Å². The van der Waals surface area contributed by atoms with E-state index >= 15 is 0 Å². The van der Waals surface area contributed by atoms with Crippen LogP contribution < -0.4 is 0 Å². The molecule has 14 rings (SSSR count). The number of hydrogen-bond donors (Lipinski definition) is 0. The standard InChI is InChI=1S/C68H43NS/c1-5-19-44(20-6-1)50-39-59(46-23-9-3-10-24-46)67-61(41-50)62-42-51(45-21-7-2-8-22-45)40-60(68(62)70-67)49-35-38-54-53-27-17-18-32-63(53)69(64(54)43-49)52-36-33-48(34-37-52)66-57-30-15-13-28-55(57)65(47-25-11-4-12-26-47)56-29-14-16-31-58(56)66/h1-43H. The summed E-state index contributed by atoms with van der Waals surface area (Å²) in [6.07, 6.45) is 0. The van der Waals surface area contributed by atoms with E-state index in [1.807, 2.05) is 11.3 Å². The number of fused-ring (bicyclic) bond motifs is 8. The molecule has 0 aliphatic rings. The van der Waals surface area contributed by atoms with E-state index in [2.05, 4.69) is 265 Å². The van der Waals surface area contributed by atoms with Gasteiger partial charge in [-0.1, -0.05) is 212 Å².